The number of fused-ring (bicyclic) bond motifs is 1. The molecule has 3 aromatic rings. The number of carbonyl (C=O) groups excluding carboxylic acids is 1. The van der Waals surface area contributed by atoms with Crippen LogP contribution in [0.15, 0.2) is 48.5 Å². The summed E-state index contributed by atoms with van der Waals surface area (Å²) in [6, 6.07) is 16.9. The fourth-order valence-corrected chi connectivity index (χ4v) is 3.62. The molecule has 4 nitrogen and oxygen atoms in total. The summed E-state index contributed by atoms with van der Waals surface area (Å²) >= 11 is 0. The average molecular weight is 378 g/mol. The first-order chi connectivity index (χ1) is 13.5. The largest absolute Gasteiger partial charge is 0.355 e. The molecule has 0 saturated carbocycles. The highest BCUT2D eigenvalue weighted by Crippen LogP contribution is 2.28. The zero-order valence-electron chi connectivity index (χ0n) is 17.4. The number of para-hydroxylation sites is 2. The molecule has 1 N–H and O–H groups in total. The van der Waals surface area contributed by atoms with E-state index >= 15 is 0 Å². The molecule has 3 rings (SSSR count). The van der Waals surface area contributed by atoms with Crippen molar-refractivity contribution in [1.82, 2.24) is 14.9 Å². The highest BCUT2D eigenvalue weighted by atomic mass is 16.1. The van der Waals surface area contributed by atoms with E-state index in [4.69, 9.17) is 4.98 Å². The average Bonchev–Trinajstić information content (AvgIpc) is 3.04. The van der Waals surface area contributed by atoms with Crippen molar-refractivity contribution in [2.75, 3.05) is 6.54 Å². The van der Waals surface area contributed by atoms with Crippen LogP contribution in [-0.4, -0.2) is 22.0 Å². The maximum Gasteiger partial charge on any atom is 0.240 e. The van der Waals surface area contributed by atoms with E-state index in [0.717, 1.165) is 29.7 Å². The fraction of sp³-hybridized carbons (Fsp3) is 0.417. The SMILES string of the molecule is CCCNC(=O)Cn1c(C(C)c2ccc(CC(C)C)cc2)nc2ccccc21. The molecular formula is C24H31N3O. The number of nitrogens with one attached hydrogen (secondary N) is 1. The van der Waals surface area contributed by atoms with Crippen molar-refractivity contribution < 1.29 is 4.79 Å². The maximum atomic E-state index is 12.4. The predicted octanol–water partition coefficient (Wildman–Crippen LogP) is 4.91. The lowest BCUT2D eigenvalue weighted by atomic mass is 9.96. The zero-order valence-corrected chi connectivity index (χ0v) is 17.4. The highest BCUT2D eigenvalue weighted by molar-refractivity contribution is 5.81. The van der Waals surface area contributed by atoms with Gasteiger partial charge in [-0.1, -0.05) is 64.1 Å². The Morgan fingerprint density at radius 1 is 1.07 bits per heavy atom. The Labute approximate surface area is 168 Å². The van der Waals surface area contributed by atoms with Crippen LogP contribution in [0, 0.1) is 5.92 Å². The van der Waals surface area contributed by atoms with Gasteiger partial charge < -0.3 is 9.88 Å². The number of nitrogens with zero attached hydrogens (tertiary/aromatic N) is 2. The van der Waals surface area contributed by atoms with E-state index in [-0.39, 0.29) is 11.8 Å². The van der Waals surface area contributed by atoms with Gasteiger partial charge in [-0.2, -0.15) is 0 Å². The molecule has 0 aliphatic rings. The summed E-state index contributed by atoms with van der Waals surface area (Å²) in [5.41, 5.74) is 4.52. The molecule has 0 bridgehead atoms. The van der Waals surface area contributed by atoms with Gasteiger partial charge in [-0.25, -0.2) is 4.98 Å². The van der Waals surface area contributed by atoms with Gasteiger partial charge in [-0.05, 0) is 42.0 Å². The van der Waals surface area contributed by atoms with Crippen LogP contribution in [0.2, 0.25) is 0 Å². The van der Waals surface area contributed by atoms with Crippen molar-refractivity contribution in [1.29, 1.82) is 0 Å². The van der Waals surface area contributed by atoms with Crippen LogP contribution in [-0.2, 0) is 17.8 Å². The summed E-state index contributed by atoms with van der Waals surface area (Å²) in [6.07, 6.45) is 2.02. The molecule has 4 heteroatoms. The molecule has 0 spiro atoms. The summed E-state index contributed by atoms with van der Waals surface area (Å²) in [4.78, 5) is 17.3. The summed E-state index contributed by atoms with van der Waals surface area (Å²) in [5, 5.41) is 2.98. The van der Waals surface area contributed by atoms with E-state index in [1.165, 1.54) is 11.1 Å². The highest BCUT2D eigenvalue weighted by Gasteiger charge is 2.19. The van der Waals surface area contributed by atoms with Gasteiger partial charge in [-0.15, -0.1) is 0 Å². The molecule has 1 heterocycles. The molecule has 148 valence electrons. The van der Waals surface area contributed by atoms with E-state index in [1.807, 2.05) is 24.3 Å². The molecule has 1 unspecified atom stereocenters. The van der Waals surface area contributed by atoms with E-state index in [0.29, 0.717) is 19.0 Å². The van der Waals surface area contributed by atoms with E-state index in [2.05, 4.69) is 61.8 Å². The van der Waals surface area contributed by atoms with Crippen molar-refractivity contribution in [3.8, 4) is 0 Å². The number of benzene rings is 2. The topological polar surface area (TPSA) is 46.9 Å². The van der Waals surface area contributed by atoms with Gasteiger partial charge in [0.1, 0.15) is 12.4 Å². The zero-order chi connectivity index (χ0) is 20.1. The molecule has 1 aromatic heterocycles. The molecule has 1 amide bonds. The van der Waals surface area contributed by atoms with Gasteiger partial charge in [0.25, 0.3) is 0 Å². The Morgan fingerprint density at radius 2 is 1.79 bits per heavy atom. The van der Waals surface area contributed by atoms with Crippen molar-refractivity contribution in [2.24, 2.45) is 5.92 Å². The van der Waals surface area contributed by atoms with E-state index in [1.54, 1.807) is 0 Å². The molecule has 0 saturated heterocycles. The molecule has 28 heavy (non-hydrogen) atoms. The Balaban J connectivity index is 1.92. The monoisotopic (exact) mass is 377 g/mol. The molecule has 0 aliphatic heterocycles. The molecule has 1 atom stereocenters. The van der Waals surface area contributed by atoms with E-state index in [9.17, 15) is 4.79 Å². The number of amides is 1. The Kier molecular flexibility index (Phi) is 6.50. The molecule has 0 radical (unpaired) electrons. The van der Waals surface area contributed by atoms with Gasteiger partial charge in [0.15, 0.2) is 0 Å². The Hall–Kier alpha value is -2.62. The fourth-order valence-electron chi connectivity index (χ4n) is 3.62. The van der Waals surface area contributed by atoms with Gasteiger partial charge >= 0.3 is 0 Å². The Bertz CT molecular complexity index is 925. The van der Waals surface area contributed by atoms with Gasteiger partial charge in [0.2, 0.25) is 5.91 Å². The third-order valence-corrected chi connectivity index (χ3v) is 5.07. The summed E-state index contributed by atoms with van der Waals surface area (Å²) in [7, 11) is 0. The Morgan fingerprint density at radius 3 is 2.46 bits per heavy atom. The second-order valence-corrected chi connectivity index (χ2v) is 7.96. The number of aromatic nitrogens is 2. The summed E-state index contributed by atoms with van der Waals surface area (Å²) < 4.78 is 2.06. The van der Waals surface area contributed by atoms with Crippen LogP contribution in [0.25, 0.3) is 11.0 Å². The number of carbonyl (C=O) groups is 1. The minimum Gasteiger partial charge on any atom is -0.355 e. The molecule has 2 aromatic carbocycles. The molecule has 0 fully saturated rings. The maximum absolute atomic E-state index is 12.4. The van der Waals surface area contributed by atoms with Crippen molar-refractivity contribution >= 4 is 16.9 Å². The van der Waals surface area contributed by atoms with Crippen molar-refractivity contribution in [3.63, 3.8) is 0 Å². The number of hydrogen-bond donors (Lipinski definition) is 1. The first-order valence-electron chi connectivity index (χ1n) is 10.3. The lowest BCUT2D eigenvalue weighted by Crippen LogP contribution is -2.29. The van der Waals surface area contributed by atoms with Crippen LogP contribution >= 0.6 is 0 Å². The standard InChI is InChI=1S/C24H31N3O/c1-5-14-25-23(28)16-27-22-9-7-6-8-21(22)26-24(27)18(4)20-12-10-19(11-13-20)15-17(2)3/h6-13,17-18H,5,14-16H2,1-4H3,(H,25,28). The van der Waals surface area contributed by atoms with Crippen LogP contribution in [0.3, 0.4) is 0 Å². The normalized spacial score (nSPS) is 12.5. The summed E-state index contributed by atoms with van der Waals surface area (Å²) in [5.74, 6) is 1.73. The third kappa shape index (κ3) is 4.61. The van der Waals surface area contributed by atoms with Crippen molar-refractivity contribution in [2.45, 2.75) is 53.0 Å². The minimum absolute atomic E-state index is 0.0331. The van der Waals surface area contributed by atoms with Crippen LogP contribution in [0.1, 0.15) is 57.0 Å². The van der Waals surface area contributed by atoms with Gasteiger partial charge in [-0.3, -0.25) is 4.79 Å². The first-order valence-corrected chi connectivity index (χ1v) is 10.3. The minimum atomic E-state index is 0.0331. The van der Waals surface area contributed by atoms with Gasteiger partial charge in [0.05, 0.1) is 11.0 Å². The number of rotatable bonds is 8. The second-order valence-electron chi connectivity index (χ2n) is 7.96. The van der Waals surface area contributed by atoms with Gasteiger partial charge in [0, 0.05) is 12.5 Å². The third-order valence-electron chi connectivity index (χ3n) is 5.07. The smallest absolute Gasteiger partial charge is 0.240 e. The number of imidazole rings is 1. The first kappa shape index (κ1) is 20.1. The van der Waals surface area contributed by atoms with Crippen LogP contribution in [0.5, 0.6) is 0 Å². The molecular weight excluding hydrogens is 346 g/mol. The van der Waals surface area contributed by atoms with E-state index < -0.39 is 0 Å². The second kappa shape index (κ2) is 9.05. The van der Waals surface area contributed by atoms with Crippen LogP contribution < -0.4 is 5.32 Å². The lowest BCUT2D eigenvalue weighted by Gasteiger charge is -2.16. The summed E-state index contributed by atoms with van der Waals surface area (Å²) in [6.45, 7) is 9.70. The number of hydrogen-bond acceptors (Lipinski definition) is 2. The lowest BCUT2D eigenvalue weighted by molar-refractivity contribution is -0.121. The quantitative estimate of drug-likeness (QED) is 0.606. The predicted molar refractivity (Wildman–Crippen MR) is 116 cm³/mol. The van der Waals surface area contributed by atoms with Crippen LogP contribution in [0.4, 0.5) is 0 Å². The molecule has 0 aliphatic carbocycles. The van der Waals surface area contributed by atoms with Crippen molar-refractivity contribution in [3.05, 3.63) is 65.5 Å².